The topological polar surface area (TPSA) is 130 Å². The van der Waals surface area contributed by atoms with Crippen molar-refractivity contribution in [2.75, 3.05) is 22.1 Å². The van der Waals surface area contributed by atoms with Crippen LogP contribution in [-0.4, -0.2) is 27.5 Å². The summed E-state index contributed by atoms with van der Waals surface area (Å²) >= 11 is 4.29. The number of hydrogen-bond acceptors (Lipinski definition) is 6. The van der Waals surface area contributed by atoms with E-state index in [1.54, 1.807) is 24.3 Å². The Morgan fingerprint density at radius 1 is 1.10 bits per heavy atom. The van der Waals surface area contributed by atoms with E-state index in [1.165, 1.54) is 12.1 Å². The second kappa shape index (κ2) is 9.55. The Balaban J connectivity index is 1.63. The lowest BCUT2D eigenvalue weighted by Crippen LogP contribution is -2.23. The molecule has 0 spiro atoms. The summed E-state index contributed by atoms with van der Waals surface area (Å²) in [5, 5.41) is 5.20. The molecule has 8 nitrogen and oxygen atoms in total. The Kier molecular flexibility index (Phi) is 6.85. The van der Waals surface area contributed by atoms with Gasteiger partial charge in [0.2, 0.25) is 5.91 Å². The van der Waals surface area contributed by atoms with Crippen molar-refractivity contribution in [1.29, 1.82) is 0 Å². The van der Waals surface area contributed by atoms with Gasteiger partial charge in [-0.2, -0.15) is 0 Å². The van der Waals surface area contributed by atoms with Crippen LogP contribution >= 0.6 is 27.7 Å². The molecule has 11 heteroatoms. The molecule has 0 saturated heterocycles. The van der Waals surface area contributed by atoms with Gasteiger partial charge < -0.3 is 16.4 Å². The summed E-state index contributed by atoms with van der Waals surface area (Å²) in [4.78, 5) is 43.0. The molecule has 0 atom stereocenters. The SMILES string of the molecule is Nc1nc(SCC(=O)Nc2ccc(Br)cc2)[nH]c(=O)c1NC(=O)c1ccc(F)cc1. The lowest BCUT2D eigenvalue weighted by Gasteiger charge is -2.09. The number of anilines is 3. The Bertz CT molecular complexity index is 1140. The van der Waals surface area contributed by atoms with Crippen LogP contribution in [-0.2, 0) is 4.79 Å². The van der Waals surface area contributed by atoms with E-state index in [0.717, 1.165) is 28.4 Å². The summed E-state index contributed by atoms with van der Waals surface area (Å²) in [6.45, 7) is 0. The highest BCUT2D eigenvalue weighted by atomic mass is 79.9. The van der Waals surface area contributed by atoms with E-state index in [1.807, 2.05) is 0 Å². The van der Waals surface area contributed by atoms with Gasteiger partial charge in [-0.25, -0.2) is 9.37 Å². The first-order valence-corrected chi connectivity index (χ1v) is 10.2. The molecule has 5 N–H and O–H groups in total. The number of nitrogens with one attached hydrogen (secondary N) is 3. The van der Waals surface area contributed by atoms with Crippen molar-refractivity contribution in [2.45, 2.75) is 5.16 Å². The normalized spacial score (nSPS) is 10.5. The van der Waals surface area contributed by atoms with Gasteiger partial charge in [-0.15, -0.1) is 0 Å². The number of aromatic nitrogens is 2. The third-order valence-electron chi connectivity index (χ3n) is 3.74. The number of hydrogen-bond donors (Lipinski definition) is 4. The zero-order chi connectivity index (χ0) is 21.7. The lowest BCUT2D eigenvalue weighted by atomic mass is 10.2. The minimum Gasteiger partial charge on any atom is -0.382 e. The second-order valence-electron chi connectivity index (χ2n) is 5.94. The molecule has 154 valence electrons. The molecule has 2 aromatic carbocycles. The van der Waals surface area contributed by atoms with Crippen LogP contribution in [0.15, 0.2) is 63.0 Å². The van der Waals surface area contributed by atoms with E-state index in [0.29, 0.717) is 5.69 Å². The molecule has 2 amide bonds. The van der Waals surface area contributed by atoms with E-state index in [-0.39, 0.29) is 33.9 Å². The number of halogens is 2. The van der Waals surface area contributed by atoms with Crippen LogP contribution in [0.4, 0.5) is 21.6 Å². The zero-order valence-corrected chi connectivity index (χ0v) is 17.6. The average molecular weight is 492 g/mol. The summed E-state index contributed by atoms with van der Waals surface area (Å²) in [6.07, 6.45) is 0. The van der Waals surface area contributed by atoms with Crippen LogP contribution in [0.2, 0.25) is 0 Å². The molecule has 0 aliphatic carbocycles. The summed E-state index contributed by atoms with van der Waals surface area (Å²) in [6, 6.07) is 11.9. The number of nitrogens with zero attached hydrogens (tertiary/aromatic N) is 1. The van der Waals surface area contributed by atoms with Gasteiger partial charge in [0.1, 0.15) is 11.5 Å². The van der Waals surface area contributed by atoms with Crippen molar-refractivity contribution < 1.29 is 14.0 Å². The fourth-order valence-corrected chi connectivity index (χ4v) is 3.24. The van der Waals surface area contributed by atoms with Crippen LogP contribution in [0.1, 0.15) is 10.4 Å². The molecule has 3 aromatic rings. The predicted molar refractivity (Wildman–Crippen MR) is 117 cm³/mol. The van der Waals surface area contributed by atoms with Crippen LogP contribution < -0.4 is 21.9 Å². The number of H-pyrrole nitrogens is 1. The highest BCUT2D eigenvalue weighted by molar-refractivity contribution is 9.10. The van der Waals surface area contributed by atoms with Gasteiger partial charge in [0.15, 0.2) is 11.0 Å². The number of rotatable bonds is 6. The Morgan fingerprint density at radius 2 is 1.77 bits per heavy atom. The molecular weight excluding hydrogens is 477 g/mol. The number of thioether (sulfide) groups is 1. The number of nitrogen functional groups attached to an aromatic ring is 1. The molecule has 0 bridgehead atoms. The van der Waals surface area contributed by atoms with E-state index < -0.39 is 17.3 Å². The van der Waals surface area contributed by atoms with Crippen molar-refractivity contribution in [1.82, 2.24) is 9.97 Å². The molecule has 30 heavy (non-hydrogen) atoms. The number of amides is 2. The molecule has 0 fully saturated rings. The van der Waals surface area contributed by atoms with Crippen molar-refractivity contribution in [3.8, 4) is 0 Å². The number of benzene rings is 2. The zero-order valence-electron chi connectivity index (χ0n) is 15.2. The van der Waals surface area contributed by atoms with E-state index >= 15 is 0 Å². The van der Waals surface area contributed by atoms with Crippen molar-refractivity contribution in [2.24, 2.45) is 0 Å². The van der Waals surface area contributed by atoms with Crippen LogP contribution in [0.25, 0.3) is 0 Å². The standard InChI is InChI=1S/C19H15BrFN5O3S/c20-11-3-7-13(8-4-11)23-14(27)9-30-19-25-16(22)15(18(29)26-19)24-17(28)10-1-5-12(21)6-2-10/h1-8H,9H2,(H,23,27)(H,24,28)(H3,22,25,26,29). The van der Waals surface area contributed by atoms with Gasteiger partial charge in [0, 0.05) is 15.7 Å². The first-order valence-electron chi connectivity index (χ1n) is 8.47. The highest BCUT2D eigenvalue weighted by Crippen LogP contribution is 2.19. The van der Waals surface area contributed by atoms with Gasteiger partial charge in [-0.05, 0) is 48.5 Å². The third-order valence-corrected chi connectivity index (χ3v) is 5.14. The monoisotopic (exact) mass is 491 g/mol. The molecule has 3 rings (SSSR count). The molecular formula is C19H15BrFN5O3S. The van der Waals surface area contributed by atoms with E-state index in [2.05, 4.69) is 36.5 Å². The maximum atomic E-state index is 13.0. The third kappa shape index (κ3) is 5.67. The number of carbonyl (C=O) groups excluding carboxylic acids is 2. The fraction of sp³-hybridized carbons (Fsp3) is 0.0526. The first-order chi connectivity index (χ1) is 14.3. The number of aromatic amines is 1. The molecule has 0 aliphatic rings. The number of carbonyl (C=O) groups is 2. The Labute approximate surface area is 182 Å². The molecule has 1 heterocycles. The predicted octanol–water partition coefficient (Wildman–Crippen LogP) is 3.24. The summed E-state index contributed by atoms with van der Waals surface area (Å²) < 4.78 is 13.9. The van der Waals surface area contributed by atoms with Gasteiger partial charge in [0.05, 0.1) is 5.75 Å². The largest absolute Gasteiger partial charge is 0.382 e. The number of nitrogens with two attached hydrogens (primary N) is 1. The average Bonchev–Trinajstić information content (AvgIpc) is 2.71. The first kappa shape index (κ1) is 21.5. The van der Waals surface area contributed by atoms with Crippen molar-refractivity contribution >= 4 is 56.7 Å². The van der Waals surface area contributed by atoms with E-state index in [4.69, 9.17) is 5.73 Å². The van der Waals surface area contributed by atoms with E-state index in [9.17, 15) is 18.8 Å². The van der Waals surface area contributed by atoms with Crippen LogP contribution in [0.3, 0.4) is 0 Å². The lowest BCUT2D eigenvalue weighted by molar-refractivity contribution is -0.113. The molecule has 0 radical (unpaired) electrons. The minimum absolute atomic E-state index is 0.0142. The Morgan fingerprint density at radius 3 is 2.40 bits per heavy atom. The van der Waals surface area contributed by atoms with Gasteiger partial charge in [-0.1, -0.05) is 27.7 Å². The second-order valence-corrected chi connectivity index (χ2v) is 7.82. The molecule has 0 aliphatic heterocycles. The van der Waals surface area contributed by atoms with Crippen LogP contribution in [0.5, 0.6) is 0 Å². The quantitative estimate of drug-likeness (QED) is 0.309. The minimum atomic E-state index is -0.672. The maximum absolute atomic E-state index is 13.0. The van der Waals surface area contributed by atoms with Crippen molar-refractivity contribution in [3.63, 3.8) is 0 Å². The molecule has 0 saturated carbocycles. The highest BCUT2D eigenvalue weighted by Gasteiger charge is 2.15. The smallest absolute Gasteiger partial charge is 0.277 e. The van der Waals surface area contributed by atoms with Gasteiger partial charge in [-0.3, -0.25) is 19.4 Å². The van der Waals surface area contributed by atoms with Crippen LogP contribution in [0, 0.1) is 5.82 Å². The Hall–Kier alpha value is -3.18. The molecule has 1 aromatic heterocycles. The maximum Gasteiger partial charge on any atom is 0.277 e. The summed E-state index contributed by atoms with van der Waals surface area (Å²) in [5.41, 5.74) is 5.67. The summed E-state index contributed by atoms with van der Waals surface area (Å²) in [7, 11) is 0. The van der Waals surface area contributed by atoms with Crippen molar-refractivity contribution in [3.05, 3.63) is 74.7 Å². The summed E-state index contributed by atoms with van der Waals surface area (Å²) in [5.74, 6) is -1.64. The van der Waals surface area contributed by atoms with Gasteiger partial charge in [0.25, 0.3) is 11.5 Å². The fourth-order valence-electron chi connectivity index (χ4n) is 2.31. The molecule has 0 unspecified atom stereocenters. The van der Waals surface area contributed by atoms with Gasteiger partial charge >= 0.3 is 0 Å².